The number of aryl methyl sites for hydroxylation is 1. The SMILES string of the molecule is CC.Cc1ccc2c(c1)CN(CC1CCCC1O)C2=O. The summed E-state index contributed by atoms with van der Waals surface area (Å²) in [4.78, 5) is 14.1. The molecule has 0 saturated heterocycles. The van der Waals surface area contributed by atoms with E-state index in [1.165, 1.54) is 5.56 Å². The minimum Gasteiger partial charge on any atom is -0.393 e. The van der Waals surface area contributed by atoms with E-state index in [0.29, 0.717) is 13.1 Å². The number of rotatable bonds is 2. The van der Waals surface area contributed by atoms with Crippen LogP contribution < -0.4 is 0 Å². The van der Waals surface area contributed by atoms with Crippen molar-refractivity contribution >= 4 is 5.91 Å². The summed E-state index contributed by atoms with van der Waals surface area (Å²) in [6, 6.07) is 6.01. The van der Waals surface area contributed by atoms with E-state index in [9.17, 15) is 9.90 Å². The van der Waals surface area contributed by atoms with Gasteiger partial charge in [-0.05, 0) is 31.4 Å². The minimum atomic E-state index is -0.219. The first kappa shape index (κ1) is 15.0. The molecule has 3 nitrogen and oxygen atoms in total. The Morgan fingerprint density at radius 2 is 2.05 bits per heavy atom. The molecule has 1 aromatic carbocycles. The molecule has 0 aromatic heterocycles. The van der Waals surface area contributed by atoms with E-state index in [2.05, 4.69) is 6.07 Å². The quantitative estimate of drug-likeness (QED) is 0.900. The summed E-state index contributed by atoms with van der Waals surface area (Å²) in [5.74, 6) is 0.397. The average molecular weight is 275 g/mol. The molecule has 20 heavy (non-hydrogen) atoms. The summed E-state index contributed by atoms with van der Waals surface area (Å²) in [6.07, 6.45) is 2.79. The van der Waals surface area contributed by atoms with Crippen LogP contribution in [0.15, 0.2) is 18.2 Å². The number of nitrogens with zero attached hydrogens (tertiary/aromatic N) is 1. The minimum absolute atomic E-state index is 0.129. The lowest BCUT2D eigenvalue weighted by Gasteiger charge is -2.22. The van der Waals surface area contributed by atoms with Crippen LogP contribution >= 0.6 is 0 Å². The third-order valence-electron chi connectivity index (χ3n) is 4.21. The van der Waals surface area contributed by atoms with Crippen LogP contribution in [0, 0.1) is 12.8 Å². The lowest BCUT2D eigenvalue weighted by Crippen LogP contribution is -2.33. The van der Waals surface area contributed by atoms with Gasteiger partial charge < -0.3 is 10.0 Å². The maximum atomic E-state index is 12.2. The number of hydrogen-bond donors (Lipinski definition) is 1. The number of carbonyl (C=O) groups excluding carboxylic acids is 1. The van der Waals surface area contributed by atoms with Crippen molar-refractivity contribution in [3.63, 3.8) is 0 Å². The first-order chi connectivity index (χ1) is 9.65. The summed E-state index contributed by atoms with van der Waals surface area (Å²) >= 11 is 0. The summed E-state index contributed by atoms with van der Waals surface area (Å²) < 4.78 is 0. The molecule has 2 atom stereocenters. The van der Waals surface area contributed by atoms with Gasteiger partial charge in [0.05, 0.1) is 6.10 Å². The molecule has 1 aliphatic carbocycles. The van der Waals surface area contributed by atoms with E-state index in [1.54, 1.807) is 0 Å². The fourth-order valence-electron chi connectivity index (χ4n) is 3.17. The summed E-state index contributed by atoms with van der Waals surface area (Å²) in [6.45, 7) is 7.46. The van der Waals surface area contributed by atoms with Crippen LogP contribution in [0.5, 0.6) is 0 Å². The zero-order valence-corrected chi connectivity index (χ0v) is 12.7. The molecule has 1 N–H and O–H groups in total. The fraction of sp³-hybridized carbons (Fsp3) is 0.588. The first-order valence-electron chi connectivity index (χ1n) is 7.72. The highest BCUT2D eigenvalue weighted by molar-refractivity contribution is 5.98. The van der Waals surface area contributed by atoms with E-state index >= 15 is 0 Å². The molecule has 1 aliphatic heterocycles. The molecule has 3 rings (SSSR count). The molecule has 3 heteroatoms. The number of aliphatic hydroxyl groups excluding tert-OH is 1. The van der Waals surface area contributed by atoms with Gasteiger partial charge in [-0.25, -0.2) is 0 Å². The molecule has 2 unspecified atom stereocenters. The number of carbonyl (C=O) groups is 1. The molecule has 1 aromatic rings. The van der Waals surface area contributed by atoms with E-state index < -0.39 is 0 Å². The van der Waals surface area contributed by atoms with Crippen molar-refractivity contribution in [2.75, 3.05) is 6.54 Å². The molecule has 0 spiro atoms. The van der Waals surface area contributed by atoms with Gasteiger partial charge in [0.1, 0.15) is 0 Å². The highest BCUT2D eigenvalue weighted by Crippen LogP contribution is 2.30. The monoisotopic (exact) mass is 275 g/mol. The second kappa shape index (κ2) is 6.40. The molecule has 1 heterocycles. The van der Waals surface area contributed by atoms with Gasteiger partial charge >= 0.3 is 0 Å². The van der Waals surface area contributed by atoms with Crippen LogP contribution in [-0.4, -0.2) is 28.6 Å². The van der Waals surface area contributed by atoms with E-state index in [4.69, 9.17) is 0 Å². The smallest absolute Gasteiger partial charge is 0.254 e. The maximum Gasteiger partial charge on any atom is 0.254 e. The van der Waals surface area contributed by atoms with Crippen molar-refractivity contribution in [2.45, 2.75) is 52.7 Å². The van der Waals surface area contributed by atoms with Gasteiger partial charge in [0.25, 0.3) is 5.91 Å². The van der Waals surface area contributed by atoms with Crippen molar-refractivity contribution in [3.8, 4) is 0 Å². The fourth-order valence-corrected chi connectivity index (χ4v) is 3.17. The lowest BCUT2D eigenvalue weighted by molar-refractivity contribution is 0.0661. The van der Waals surface area contributed by atoms with E-state index in [0.717, 1.165) is 30.4 Å². The molecule has 0 bridgehead atoms. The van der Waals surface area contributed by atoms with E-state index in [-0.39, 0.29) is 17.9 Å². The molecule has 1 amide bonds. The Balaban J connectivity index is 0.000000704. The largest absolute Gasteiger partial charge is 0.393 e. The number of amides is 1. The molecular weight excluding hydrogens is 250 g/mol. The number of fused-ring (bicyclic) bond motifs is 1. The van der Waals surface area contributed by atoms with Crippen LogP contribution in [0.3, 0.4) is 0 Å². The normalized spacial score (nSPS) is 24.4. The highest BCUT2D eigenvalue weighted by Gasteiger charge is 2.33. The maximum absolute atomic E-state index is 12.2. The Bertz CT molecular complexity index is 484. The van der Waals surface area contributed by atoms with Crippen LogP contribution in [0.4, 0.5) is 0 Å². The Hall–Kier alpha value is -1.35. The Kier molecular flexibility index (Phi) is 4.81. The molecular formula is C17H25NO2. The van der Waals surface area contributed by atoms with Gasteiger partial charge in [0.15, 0.2) is 0 Å². The van der Waals surface area contributed by atoms with Gasteiger partial charge in [-0.3, -0.25) is 4.79 Å². The number of aliphatic hydroxyl groups is 1. The van der Waals surface area contributed by atoms with Crippen molar-refractivity contribution in [3.05, 3.63) is 34.9 Å². The zero-order valence-electron chi connectivity index (χ0n) is 12.7. The van der Waals surface area contributed by atoms with Crippen molar-refractivity contribution in [1.29, 1.82) is 0 Å². The van der Waals surface area contributed by atoms with Crippen LogP contribution in [0.1, 0.15) is 54.6 Å². The molecule has 0 radical (unpaired) electrons. The van der Waals surface area contributed by atoms with Crippen molar-refractivity contribution < 1.29 is 9.90 Å². The lowest BCUT2D eigenvalue weighted by atomic mass is 10.1. The standard InChI is InChI=1S/C15H19NO2.C2H6/c1-10-5-6-13-12(7-10)9-16(15(13)18)8-11-3-2-4-14(11)17;1-2/h5-7,11,14,17H,2-4,8-9H2,1H3;1-2H3. The van der Waals surface area contributed by atoms with Crippen molar-refractivity contribution in [2.24, 2.45) is 5.92 Å². The number of benzene rings is 1. The predicted octanol–water partition coefficient (Wildman–Crippen LogP) is 3.14. The van der Waals surface area contributed by atoms with E-state index in [1.807, 2.05) is 37.8 Å². The summed E-state index contributed by atoms with van der Waals surface area (Å²) in [5, 5.41) is 9.86. The third-order valence-corrected chi connectivity index (χ3v) is 4.21. The second-order valence-electron chi connectivity index (χ2n) is 5.60. The first-order valence-corrected chi connectivity index (χ1v) is 7.72. The predicted molar refractivity (Wildman–Crippen MR) is 80.6 cm³/mol. The van der Waals surface area contributed by atoms with Gasteiger partial charge in [0, 0.05) is 24.6 Å². The number of hydrogen-bond acceptors (Lipinski definition) is 2. The van der Waals surface area contributed by atoms with Gasteiger partial charge in [-0.15, -0.1) is 0 Å². The van der Waals surface area contributed by atoms with Crippen LogP contribution in [0.2, 0.25) is 0 Å². The van der Waals surface area contributed by atoms with Crippen molar-refractivity contribution in [1.82, 2.24) is 4.90 Å². The molecule has 1 fully saturated rings. The second-order valence-corrected chi connectivity index (χ2v) is 5.60. The third kappa shape index (κ3) is 2.88. The average Bonchev–Trinajstić information content (AvgIpc) is 2.98. The molecule has 1 saturated carbocycles. The summed E-state index contributed by atoms with van der Waals surface area (Å²) in [7, 11) is 0. The van der Waals surface area contributed by atoms with Gasteiger partial charge in [0.2, 0.25) is 0 Å². The van der Waals surface area contributed by atoms with Crippen LogP contribution in [-0.2, 0) is 6.54 Å². The van der Waals surface area contributed by atoms with Gasteiger partial charge in [-0.1, -0.05) is 38.0 Å². The topological polar surface area (TPSA) is 40.5 Å². The highest BCUT2D eigenvalue weighted by atomic mass is 16.3. The molecule has 110 valence electrons. The summed E-state index contributed by atoms with van der Waals surface area (Å²) in [5.41, 5.74) is 3.17. The van der Waals surface area contributed by atoms with Crippen LogP contribution in [0.25, 0.3) is 0 Å². The van der Waals surface area contributed by atoms with Gasteiger partial charge in [-0.2, -0.15) is 0 Å². The zero-order chi connectivity index (χ0) is 14.7. The Labute approximate surface area is 121 Å². The Morgan fingerprint density at radius 3 is 2.70 bits per heavy atom. The molecule has 2 aliphatic rings. The Morgan fingerprint density at radius 1 is 1.30 bits per heavy atom.